The molecule has 4 N–H and O–H groups in total. The number of allylic oxidation sites excluding steroid dienone is 1. The highest BCUT2D eigenvalue weighted by atomic mass is 32.2. The topological polar surface area (TPSA) is 153 Å². The van der Waals surface area contributed by atoms with Crippen molar-refractivity contribution in [2.45, 2.75) is 13.0 Å². The summed E-state index contributed by atoms with van der Waals surface area (Å²) >= 11 is 0. The Morgan fingerprint density at radius 1 is 1.34 bits per heavy atom. The van der Waals surface area contributed by atoms with Gasteiger partial charge in [-0.25, -0.2) is 18.2 Å². The number of rotatable bonds is 9. The lowest BCUT2D eigenvalue weighted by Gasteiger charge is -2.20. The van der Waals surface area contributed by atoms with Crippen LogP contribution in [-0.2, 0) is 9.84 Å². The smallest absolute Gasteiger partial charge is 0.328 e. The molecule has 1 aromatic carbocycles. The second-order valence-electron chi connectivity index (χ2n) is 7.11. The van der Waals surface area contributed by atoms with Gasteiger partial charge in [-0.05, 0) is 30.7 Å². The van der Waals surface area contributed by atoms with E-state index in [0.29, 0.717) is 40.3 Å². The predicted molar refractivity (Wildman–Crippen MR) is 123 cm³/mol. The van der Waals surface area contributed by atoms with Crippen molar-refractivity contribution < 1.29 is 17.9 Å². The minimum atomic E-state index is -3.48. The van der Waals surface area contributed by atoms with Crippen molar-refractivity contribution in [3.63, 3.8) is 0 Å². The summed E-state index contributed by atoms with van der Waals surface area (Å²) in [6.45, 7) is 2.21. The van der Waals surface area contributed by atoms with Crippen LogP contribution in [0.3, 0.4) is 0 Å². The van der Waals surface area contributed by atoms with Crippen molar-refractivity contribution in [3.05, 3.63) is 58.3 Å². The molecule has 2 aromatic heterocycles. The number of methoxy groups -OCH3 is 1. The summed E-state index contributed by atoms with van der Waals surface area (Å²) in [4.78, 5) is 20.0. The Morgan fingerprint density at radius 3 is 2.69 bits per heavy atom. The molecule has 0 fully saturated rings. The SMILES string of the molecule is CCOc1cc([C@@H](CS(C)(=O)=O)n2c(=O)[nH]c3cc(/C(C=N)=C/N)cnc32)ccc1OC. The van der Waals surface area contributed by atoms with Crippen LogP contribution in [0.4, 0.5) is 0 Å². The maximum absolute atomic E-state index is 12.9. The zero-order chi connectivity index (χ0) is 23.5. The van der Waals surface area contributed by atoms with Crippen LogP contribution in [0.5, 0.6) is 11.5 Å². The molecular formula is C21H25N5O5S. The number of nitrogens with two attached hydrogens (primary N) is 1. The number of hydrogen-bond donors (Lipinski definition) is 3. The number of fused-ring (bicyclic) bond motifs is 1. The van der Waals surface area contributed by atoms with E-state index in [1.54, 1.807) is 24.3 Å². The molecule has 0 unspecified atom stereocenters. The molecule has 0 aliphatic rings. The maximum atomic E-state index is 12.9. The van der Waals surface area contributed by atoms with Crippen LogP contribution in [0.25, 0.3) is 16.7 Å². The molecule has 0 saturated heterocycles. The van der Waals surface area contributed by atoms with Crippen LogP contribution in [0.2, 0.25) is 0 Å². The highest BCUT2D eigenvalue weighted by molar-refractivity contribution is 7.90. The fourth-order valence-corrected chi connectivity index (χ4v) is 4.38. The first-order chi connectivity index (χ1) is 15.2. The molecule has 1 atom stereocenters. The van der Waals surface area contributed by atoms with Gasteiger partial charge in [-0.2, -0.15) is 0 Å². The summed E-state index contributed by atoms with van der Waals surface area (Å²) < 4.78 is 36.8. The van der Waals surface area contributed by atoms with Gasteiger partial charge in [-0.1, -0.05) is 6.07 Å². The van der Waals surface area contributed by atoms with Gasteiger partial charge >= 0.3 is 5.69 Å². The summed E-state index contributed by atoms with van der Waals surface area (Å²) in [6, 6.07) is 5.82. The van der Waals surface area contributed by atoms with Crippen LogP contribution in [0.1, 0.15) is 24.1 Å². The molecule has 3 rings (SSSR count). The molecule has 2 heterocycles. The number of ether oxygens (including phenoxy) is 2. The van der Waals surface area contributed by atoms with Crippen LogP contribution in [0, 0.1) is 5.41 Å². The Morgan fingerprint density at radius 2 is 2.09 bits per heavy atom. The molecule has 0 saturated carbocycles. The number of aromatic amines is 1. The number of sulfone groups is 1. The number of benzene rings is 1. The number of H-pyrrole nitrogens is 1. The number of nitrogens with one attached hydrogen (secondary N) is 2. The normalized spacial score (nSPS) is 13.2. The molecule has 0 spiro atoms. The Kier molecular flexibility index (Phi) is 6.68. The van der Waals surface area contributed by atoms with Crippen molar-refractivity contribution in [2.24, 2.45) is 5.73 Å². The van der Waals surface area contributed by atoms with E-state index in [2.05, 4.69) is 9.97 Å². The lowest BCUT2D eigenvalue weighted by molar-refractivity contribution is 0.310. The monoisotopic (exact) mass is 459 g/mol. The van der Waals surface area contributed by atoms with Gasteiger partial charge in [0.25, 0.3) is 0 Å². The second kappa shape index (κ2) is 9.27. The molecule has 3 aromatic rings. The number of nitrogens with zero attached hydrogens (tertiary/aromatic N) is 2. The summed E-state index contributed by atoms with van der Waals surface area (Å²) in [5.41, 5.74) is 7.23. The third kappa shape index (κ3) is 4.67. The van der Waals surface area contributed by atoms with Gasteiger partial charge in [0.15, 0.2) is 17.1 Å². The van der Waals surface area contributed by atoms with Crippen molar-refractivity contribution >= 4 is 32.8 Å². The molecule has 11 heteroatoms. The van der Waals surface area contributed by atoms with E-state index in [4.69, 9.17) is 20.6 Å². The van der Waals surface area contributed by atoms with E-state index in [0.717, 1.165) is 12.5 Å². The highest BCUT2D eigenvalue weighted by Crippen LogP contribution is 2.32. The van der Waals surface area contributed by atoms with Crippen molar-refractivity contribution in [3.8, 4) is 11.5 Å². The molecule has 10 nitrogen and oxygen atoms in total. The molecule has 0 radical (unpaired) electrons. The van der Waals surface area contributed by atoms with Gasteiger partial charge in [-0.15, -0.1) is 0 Å². The summed E-state index contributed by atoms with van der Waals surface area (Å²) in [5, 5.41) is 7.45. The maximum Gasteiger partial charge on any atom is 0.328 e. The third-order valence-electron chi connectivity index (χ3n) is 4.87. The van der Waals surface area contributed by atoms with Crippen molar-refractivity contribution in [1.82, 2.24) is 14.5 Å². The van der Waals surface area contributed by atoms with Gasteiger partial charge in [0.05, 0.1) is 31.0 Å². The molecular weight excluding hydrogens is 434 g/mol. The van der Waals surface area contributed by atoms with Gasteiger partial charge < -0.3 is 25.6 Å². The molecule has 0 bridgehead atoms. The van der Waals surface area contributed by atoms with Gasteiger partial charge in [-0.3, -0.25) is 4.57 Å². The number of hydrogen-bond acceptors (Lipinski definition) is 8. The minimum absolute atomic E-state index is 0.280. The summed E-state index contributed by atoms with van der Waals surface area (Å²) in [7, 11) is -1.97. The first kappa shape index (κ1) is 23.1. The first-order valence-electron chi connectivity index (χ1n) is 9.73. The largest absolute Gasteiger partial charge is 0.493 e. The predicted octanol–water partition coefficient (Wildman–Crippen LogP) is 1.72. The van der Waals surface area contributed by atoms with E-state index < -0.39 is 21.6 Å². The first-order valence-corrected chi connectivity index (χ1v) is 11.8. The number of imidazole rings is 1. The lowest BCUT2D eigenvalue weighted by atomic mass is 10.1. The van der Waals surface area contributed by atoms with E-state index in [9.17, 15) is 13.2 Å². The van der Waals surface area contributed by atoms with Crippen LogP contribution in [0.15, 0.2) is 41.5 Å². The zero-order valence-electron chi connectivity index (χ0n) is 18.0. The van der Waals surface area contributed by atoms with Gasteiger partial charge in [0.1, 0.15) is 9.84 Å². The van der Waals surface area contributed by atoms with Crippen molar-refractivity contribution in [2.75, 3.05) is 25.7 Å². The molecule has 0 amide bonds. The van der Waals surface area contributed by atoms with E-state index in [-0.39, 0.29) is 11.4 Å². The Bertz CT molecular complexity index is 1340. The molecule has 0 aliphatic heterocycles. The number of pyridine rings is 1. The van der Waals surface area contributed by atoms with E-state index >= 15 is 0 Å². The third-order valence-corrected chi connectivity index (χ3v) is 5.79. The molecule has 32 heavy (non-hydrogen) atoms. The summed E-state index contributed by atoms with van der Waals surface area (Å²) in [5.74, 6) is 0.614. The zero-order valence-corrected chi connectivity index (χ0v) is 18.8. The Balaban J connectivity index is 2.23. The van der Waals surface area contributed by atoms with E-state index in [1.807, 2.05) is 6.92 Å². The average molecular weight is 460 g/mol. The quantitative estimate of drug-likeness (QED) is 0.412. The fourth-order valence-electron chi connectivity index (χ4n) is 3.46. The van der Waals surface area contributed by atoms with E-state index in [1.165, 1.54) is 24.1 Å². The average Bonchev–Trinajstić information content (AvgIpc) is 3.07. The standard InChI is InChI=1S/C21H25N5O5S/c1-4-31-19-8-13(5-6-18(19)30-2)17(12-32(3,28)29)26-20-16(25-21(26)27)7-14(11-24-20)15(9-22)10-23/h5-11,17,22H,4,12,23H2,1-3H3,(H,25,27)/b15-10+,22-9?/t17-/m1/s1. The van der Waals surface area contributed by atoms with Crippen LogP contribution in [-0.4, -0.2) is 54.9 Å². The van der Waals surface area contributed by atoms with Crippen molar-refractivity contribution in [1.29, 1.82) is 5.41 Å². The van der Waals surface area contributed by atoms with Gasteiger partial charge in [0, 0.05) is 36.0 Å². The minimum Gasteiger partial charge on any atom is -0.493 e. The van der Waals surface area contributed by atoms with Crippen LogP contribution < -0.4 is 20.9 Å². The molecule has 170 valence electrons. The number of aromatic nitrogens is 3. The Hall–Kier alpha value is -3.60. The van der Waals surface area contributed by atoms with Gasteiger partial charge in [0.2, 0.25) is 0 Å². The summed E-state index contributed by atoms with van der Waals surface area (Å²) in [6.07, 6.45) is 4.94. The second-order valence-corrected chi connectivity index (χ2v) is 9.30. The highest BCUT2D eigenvalue weighted by Gasteiger charge is 2.25. The lowest BCUT2D eigenvalue weighted by Crippen LogP contribution is -2.28. The van der Waals surface area contributed by atoms with Crippen LogP contribution >= 0.6 is 0 Å². The fraction of sp³-hybridized carbons (Fsp3) is 0.286. The Labute approximate surface area is 185 Å². The molecule has 0 aliphatic carbocycles.